The zero-order chi connectivity index (χ0) is 10.6. The molecular weight excluding hydrogens is 191 g/mol. The fraction of sp³-hybridized carbons (Fsp3) is 0.462. The fourth-order valence-electron chi connectivity index (χ4n) is 2.89. The molecule has 2 aliphatic rings. The van der Waals surface area contributed by atoms with E-state index in [9.17, 15) is 9.18 Å². The van der Waals surface area contributed by atoms with Gasteiger partial charge >= 0.3 is 0 Å². The molecule has 1 spiro atoms. The van der Waals surface area contributed by atoms with E-state index >= 15 is 0 Å². The van der Waals surface area contributed by atoms with Gasteiger partial charge in [0.15, 0.2) is 5.78 Å². The lowest BCUT2D eigenvalue weighted by molar-refractivity contribution is 0.0959. The number of benzene rings is 1. The summed E-state index contributed by atoms with van der Waals surface area (Å²) in [6.07, 6.45) is 3.69. The monoisotopic (exact) mass is 204 g/mol. The Balaban J connectivity index is 2.32. The summed E-state index contributed by atoms with van der Waals surface area (Å²) in [5.74, 6) is -0.338. The van der Waals surface area contributed by atoms with Crippen LogP contribution in [-0.2, 0) is 5.41 Å². The number of rotatable bonds is 0. The van der Waals surface area contributed by atoms with Crippen molar-refractivity contribution in [1.29, 1.82) is 0 Å². The molecule has 0 heterocycles. The highest BCUT2D eigenvalue weighted by atomic mass is 19.1. The SMILES string of the molecule is Cc1ccc(F)c2c1C1(CCC2=O)CC1. The van der Waals surface area contributed by atoms with E-state index in [4.69, 9.17) is 0 Å². The van der Waals surface area contributed by atoms with Gasteiger partial charge in [-0.2, -0.15) is 0 Å². The summed E-state index contributed by atoms with van der Waals surface area (Å²) >= 11 is 0. The van der Waals surface area contributed by atoms with Crippen LogP contribution < -0.4 is 0 Å². The number of carbonyl (C=O) groups is 1. The Morgan fingerprint density at radius 1 is 1.27 bits per heavy atom. The van der Waals surface area contributed by atoms with E-state index in [-0.39, 0.29) is 17.0 Å². The number of halogens is 1. The van der Waals surface area contributed by atoms with Crippen molar-refractivity contribution < 1.29 is 9.18 Å². The van der Waals surface area contributed by atoms with Gasteiger partial charge in [0.05, 0.1) is 5.56 Å². The molecule has 78 valence electrons. The highest BCUT2D eigenvalue weighted by molar-refractivity contribution is 6.00. The molecule has 1 nitrogen and oxygen atoms in total. The Labute approximate surface area is 88.3 Å². The van der Waals surface area contributed by atoms with Crippen LogP contribution in [0.25, 0.3) is 0 Å². The normalized spacial score (nSPS) is 21.6. The van der Waals surface area contributed by atoms with Crippen LogP contribution >= 0.6 is 0 Å². The third kappa shape index (κ3) is 1.11. The maximum Gasteiger partial charge on any atom is 0.166 e. The molecule has 0 amide bonds. The van der Waals surface area contributed by atoms with E-state index in [2.05, 4.69) is 0 Å². The van der Waals surface area contributed by atoms with Crippen LogP contribution in [0.3, 0.4) is 0 Å². The van der Waals surface area contributed by atoms with Crippen LogP contribution in [0.15, 0.2) is 12.1 Å². The molecule has 2 heteroatoms. The second-order valence-electron chi connectivity index (χ2n) is 4.82. The van der Waals surface area contributed by atoms with Gasteiger partial charge in [-0.15, -0.1) is 0 Å². The van der Waals surface area contributed by atoms with E-state index in [1.54, 1.807) is 6.07 Å². The summed E-state index contributed by atoms with van der Waals surface area (Å²) < 4.78 is 13.7. The van der Waals surface area contributed by atoms with Gasteiger partial charge in [-0.25, -0.2) is 4.39 Å². The Bertz CT molecular complexity index is 458. The molecule has 3 rings (SSSR count). The fourth-order valence-corrected chi connectivity index (χ4v) is 2.89. The highest BCUT2D eigenvalue weighted by Crippen LogP contribution is 2.56. The summed E-state index contributed by atoms with van der Waals surface area (Å²) in [4.78, 5) is 11.7. The van der Waals surface area contributed by atoms with Crippen LogP contribution in [0.2, 0.25) is 0 Å². The first-order valence-electron chi connectivity index (χ1n) is 5.47. The molecule has 0 bridgehead atoms. The first kappa shape index (κ1) is 9.08. The molecule has 2 aliphatic carbocycles. The lowest BCUT2D eigenvalue weighted by Gasteiger charge is -2.26. The second-order valence-corrected chi connectivity index (χ2v) is 4.82. The predicted molar refractivity (Wildman–Crippen MR) is 55.6 cm³/mol. The zero-order valence-electron chi connectivity index (χ0n) is 8.77. The molecule has 1 fully saturated rings. The van der Waals surface area contributed by atoms with Crippen LogP contribution in [0.1, 0.15) is 47.2 Å². The van der Waals surface area contributed by atoms with Gasteiger partial charge in [-0.1, -0.05) is 6.07 Å². The molecule has 0 unspecified atom stereocenters. The molecule has 15 heavy (non-hydrogen) atoms. The quantitative estimate of drug-likeness (QED) is 0.634. The van der Waals surface area contributed by atoms with Gasteiger partial charge in [-0.05, 0) is 48.8 Å². The third-order valence-corrected chi connectivity index (χ3v) is 3.86. The average Bonchev–Trinajstić information content (AvgIpc) is 2.97. The predicted octanol–water partition coefficient (Wildman–Crippen LogP) is 3.14. The van der Waals surface area contributed by atoms with Gasteiger partial charge < -0.3 is 0 Å². The molecule has 0 atom stereocenters. The lowest BCUT2D eigenvalue weighted by Crippen LogP contribution is -2.23. The van der Waals surface area contributed by atoms with Crippen LogP contribution in [-0.4, -0.2) is 5.78 Å². The number of hydrogen-bond donors (Lipinski definition) is 0. The summed E-state index contributed by atoms with van der Waals surface area (Å²) in [7, 11) is 0. The Kier molecular flexibility index (Phi) is 1.63. The average molecular weight is 204 g/mol. The maximum atomic E-state index is 13.7. The zero-order valence-corrected chi connectivity index (χ0v) is 8.77. The minimum absolute atomic E-state index is 0.0104. The van der Waals surface area contributed by atoms with Crippen LogP contribution in [0.4, 0.5) is 4.39 Å². The van der Waals surface area contributed by atoms with E-state index in [0.29, 0.717) is 12.0 Å². The smallest absolute Gasteiger partial charge is 0.166 e. The molecule has 0 aliphatic heterocycles. The summed E-state index contributed by atoms with van der Waals surface area (Å²) in [5.41, 5.74) is 2.64. The molecule has 1 aromatic carbocycles. The van der Waals surface area contributed by atoms with Crippen molar-refractivity contribution in [2.45, 2.75) is 38.0 Å². The Morgan fingerprint density at radius 2 is 2.00 bits per heavy atom. The van der Waals surface area contributed by atoms with Gasteiger partial charge in [0.25, 0.3) is 0 Å². The lowest BCUT2D eigenvalue weighted by atomic mass is 9.77. The number of aryl methyl sites for hydroxylation is 1. The molecule has 0 saturated heterocycles. The van der Waals surface area contributed by atoms with E-state index in [1.165, 1.54) is 6.07 Å². The number of hydrogen-bond acceptors (Lipinski definition) is 1. The van der Waals surface area contributed by atoms with Crippen molar-refractivity contribution in [1.82, 2.24) is 0 Å². The molecule has 0 radical (unpaired) electrons. The summed E-state index contributed by atoms with van der Waals surface area (Å²) in [5, 5.41) is 0. The molecule has 1 aromatic rings. The van der Waals surface area contributed by atoms with Crippen LogP contribution in [0, 0.1) is 12.7 Å². The molecular formula is C13H13FO. The number of carbonyl (C=O) groups excluding carboxylic acids is 1. The molecule has 1 saturated carbocycles. The summed E-state index contributed by atoms with van der Waals surface area (Å²) in [6.45, 7) is 1.98. The van der Waals surface area contributed by atoms with E-state index in [0.717, 1.165) is 30.4 Å². The van der Waals surface area contributed by atoms with Gasteiger partial charge in [-0.3, -0.25) is 4.79 Å². The molecule has 0 aromatic heterocycles. The second kappa shape index (κ2) is 2.69. The van der Waals surface area contributed by atoms with Crippen molar-refractivity contribution >= 4 is 5.78 Å². The number of ketones is 1. The minimum atomic E-state index is -0.327. The van der Waals surface area contributed by atoms with Crippen molar-refractivity contribution in [3.8, 4) is 0 Å². The van der Waals surface area contributed by atoms with E-state index < -0.39 is 0 Å². The van der Waals surface area contributed by atoms with Crippen molar-refractivity contribution in [3.63, 3.8) is 0 Å². The highest BCUT2D eigenvalue weighted by Gasteiger charge is 2.50. The van der Waals surface area contributed by atoms with Crippen molar-refractivity contribution in [3.05, 3.63) is 34.6 Å². The number of Topliss-reactive ketones (excluding diaryl/α,β-unsaturated/α-hetero) is 1. The maximum absolute atomic E-state index is 13.7. The van der Waals surface area contributed by atoms with Gasteiger partial charge in [0.2, 0.25) is 0 Å². The summed E-state index contributed by atoms with van der Waals surface area (Å²) in [6, 6.07) is 3.22. The van der Waals surface area contributed by atoms with Crippen LogP contribution in [0.5, 0.6) is 0 Å². The Morgan fingerprint density at radius 3 is 2.67 bits per heavy atom. The largest absolute Gasteiger partial charge is 0.294 e. The van der Waals surface area contributed by atoms with Gasteiger partial charge in [0.1, 0.15) is 5.82 Å². The molecule has 0 N–H and O–H groups in total. The van der Waals surface area contributed by atoms with Crippen molar-refractivity contribution in [2.24, 2.45) is 0 Å². The Hall–Kier alpha value is -1.18. The van der Waals surface area contributed by atoms with Gasteiger partial charge in [0, 0.05) is 6.42 Å². The van der Waals surface area contributed by atoms with Crippen molar-refractivity contribution in [2.75, 3.05) is 0 Å². The first-order chi connectivity index (χ1) is 7.14. The number of fused-ring (bicyclic) bond motifs is 2. The van der Waals surface area contributed by atoms with E-state index in [1.807, 2.05) is 6.92 Å². The standard InChI is InChI=1S/C13H13FO/c1-8-2-3-9(14)11-10(15)4-5-13(6-7-13)12(8)11/h2-3H,4-7H2,1H3. The topological polar surface area (TPSA) is 17.1 Å². The third-order valence-electron chi connectivity index (χ3n) is 3.86. The first-order valence-corrected chi connectivity index (χ1v) is 5.47. The minimum Gasteiger partial charge on any atom is -0.294 e.